The van der Waals surface area contributed by atoms with Crippen molar-refractivity contribution in [3.63, 3.8) is 0 Å². The van der Waals surface area contributed by atoms with Crippen LogP contribution < -0.4 is 0 Å². The standard InChI is InChI=1S/C8H8ClFO2/c9-5-1-2-6(7(10)3-5)8(12)4-11/h1-3,8,11-12H,4H2. The van der Waals surface area contributed by atoms with Gasteiger partial charge in [0.05, 0.1) is 6.61 Å². The third-order valence-corrected chi connectivity index (χ3v) is 1.73. The Morgan fingerprint density at radius 2 is 2.17 bits per heavy atom. The molecule has 2 N–H and O–H groups in total. The highest BCUT2D eigenvalue weighted by atomic mass is 35.5. The predicted octanol–water partition coefficient (Wildman–Crippen LogP) is 1.50. The number of hydrogen-bond donors (Lipinski definition) is 2. The fourth-order valence-corrected chi connectivity index (χ4v) is 1.03. The van der Waals surface area contributed by atoms with Gasteiger partial charge in [-0.1, -0.05) is 17.7 Å². The molecule has 0 spiro atoms. The molecule has 0 heterocycles. The molecule has 66 valence electrons. The van der Waals surface area contributed by atoms with Gasteiger partial charge < -0.3 is 10.2 Å². The SMILES string of the molecule is OCC(O)c1ccc(Cl)cc1F. The van der Waals surface area contributed by atoms with Gasteiger partial charge in [-0.3, -0.25) is 0 Å². The van der Waals surface area contributed by atoms with Crippen LogP contribution in [-0.4, -0.2) is 16.8 Å². The zero-order chi connectivity index (χ0) is 9.14. The quantitative estimate of drug-likeness (QED) is 0.742. The number of rotatable bonds is 2. The Bertz CT molecular complexity index is 278. The molecule has 0 bridgehead atoms. The summed E-state index contributed by atoms with van der Waals surface area (Å²) in [6, 6.07) is 3.90. The average Bonchev–Trinajstić information content (AvgIpc) is 2.03. The normalized spacial score (nSPS) is 13.0. The van der Waals surface area contributed by atoms with E-state index in [2.05, 4.69) is 0 Å². The average molecular weight is 191 g/mol. The van der Waals surface area contributed by atoms with Crippen LogP contribution in [-0.2, 0) is 0 Å². The van der Waals surface area contributed by atoms with E-state index in [0.29, 0.717) is 0 Å². The smallest absolute Gasteiger partial charge is 0.130 e. The van der Waals surface area contributed by atoms with Crippen molar-refractivity contribution in [2.24, 2.45) is 0 Å². The van der Waals surface area contributed by atoms with Gasteiger partial charge in [0.25, 0.3) is 0 Å². The molecule has 1 unspecified atom stereocenters. The monoisotopic (exact) mass is 190 g/mol. The molecule has 1 aromatic carbocycles. The molecule has 0 aliphatic heterocycles. The van der Waals surface area contributed by atoms with Crippen LogP contribution in [0.5, 0.6) is 0 Å². The van der Waals surface area contributed by atoms with Gasteiger partial charge >= 0.3 is 0 Å². The molecule has 0 aliphatic carbocycles. The van der Waals surface area contributed by atoms with Crippen LogP contribution >= 0.6 is 11.6 Å². The van der Waals surface area contributed by atoms with E-state index in [1.807, 2.05) is 0 Å². The van der Waals surface area contributed by atoms with Gasteiger partial charge in [0.2, 0.25) is 0 Å². The molecule has 0 saturated heterocycles. The molecule has 0 amide bonds. The molecule has 1 aromatic rings. The highest BCUT2D eigenvalue weighted by Gasteiger charge is 2.11. The summed E-state index contributed by atoms with van der Waals surface area (Å²) in [6.45, 7) is -0.501. The first-order valence-corrected chi connectivity index (χ1v) is 3.77. The molecule has 0 aromatic heterocycles. The van der Waals surface area contributed by atoms with Gasteiger partial charge in [0.15, 0.2) is 0 Å². The molecule has 1 rings (SSSR count). The van der Waals surface area contributed by atoms with Crippen LogP contribution in [0.15, 0.2) is 18.2 Å². The van der Waals surface area contributed by atoms with Gasteiger partial charge in [0.1, 0.15) is 11.9 Å². The van der Waals surface area contributed by atoms with Crippen molar-refractivity contribution in [1.29, 1.82) is 0 Å². The molecule has 12 heavy (non-hydrogen) atoms. The second kappa shape index (κ2) is 3.85. The fourth-order valence-electron chi connectivity index (χ4n) is 0.870. The van der Waals surface area contributed by atoms with Crippen LogP contribution in [0.1, 0.15) is 11.7 Å². The molecular weight excluding hydrogens is 183 g/mol. The molecule has 1 atom stereocenters. The second-order valence-electron chi connectivity index (χ2n) is 2.36. The molecule has 4 heteroatoms. The van der Waals surface area contributed by atoms with E-state index in [9.17, 15) is 4.39 Å². The minimum Gasteiger partial charge on any atom is -0.393 e. The number of benzene rings is 1. The van der Waals surface area contributed by atoms with E-state index in [1.54, 1.807) is 0 Å². The minimum atomic E-state index is -1.18. The van der Waals surface area contributed by atoms with E-state index < -0.39 is 18.5 Å². The van der Waals surface area contributed by atoms with E-state index in [4.69, 9.17) is 21.8 Å². The van der Waals surface area contributed by atoms with E-state index in [1.165, 1.54) is 12.1 Å². The predicted molar refractivity (Wildman–Crippen MR) is 43.5 cm³/mol. The van der Waals surface area contributed by atoms with Crippen molar-refractivity contribution in [2.75, 3.05) is 6.61 Å². The molecule has 0 radical (unpaired) electrons. The minimum absolute atomic E-state index is 0.0573. The van der Waals surface area contributed by atoms with Crippen LogP contribution in [0, 0.1) is 5.82 Å². The van der Waals surface area contributed by atoms with Crippen LogP contribution in [0.2, 0.25) is 5.02 Å². The van der Waals surface area contributed by atoms with Gasteiger partial charge in [-0.15, -0.1) is 0 Å². The Hall–Kier alpha value is -0.640. The third kappa shape index (κ3) is 1.94. The lowest BCUT2D eigenvalue weighted by Crippen LogP contribution is -2.04. The lowest BCUT2D eigenvalue weighted by atomic mass is 10.1. The highest BCUT2D eigenvalue weighted by Crippen LogP contribution is 2.19. The number of aliphatic hydroxyl groups is 2. The van der Waals surface area contributed by atoms with Gasteiger partial charge in [-0.2, -0.15) is 0 Å². The second-order valence-corrected chi connectivity index (χ2v) is 2.80. The number of halogens is 2. The number of hydrogen-bond acceptors (Lipinski definition) is 2. The Labute approximate surface area is 74.2 Å². The van der Waals surface area contributed by atoms with Crippen LogP contribution in [0.25, 0.3) is 0 Å². The van der Waals surface area contributed by atoms with Crippen LogP contribution in [0.4, 0.5) is 4.39 Å². The van der Waals surface area contributed by atoms with Gasteiger partial charge in [0, 0.05) is 10.6 Å². The largest absolute Gasteiger partial charge is 0.393 e. The summed E-state index contributed by atoms with van der Waals surface area (Å²) in [4.78, 5) is 0. The van der Waals surface area contributed by atoms with Crippen molar-refractivity contribution < 1.29 is 14.6 Å². The summed E-state index contributed by atoms with van der Waals surface area (Å²) >= 11 is 5.48. The van der Waals surface area contributed by atoms with Crippen molar-refractivity contribution in [1.82, 2.24) is 0 Å². The number of aliphatic hydroxyl groups excluding tert-OH is 2. The summed E-state index contributed by atoms with van der Waals surface area (Å²) in [5.41, 5.74) is 0.0573. The maximum absolute atomic E-state index is 12.9. The molecule has 0 saturated carbocycles. The summed E-state index contributed by atoms with van der Waals surface area (Å²) in [5.74, 6) is -0.607. The lowest BCUT2D eigenvalue weighted by molar-refractivity contribution is 0.0926. The third-order valence-electron chi connectivity index (χ3n) is 1.49. The molecule has 0 fully saturated rings. The Morgan fingerprint density at radius 3 is 2.67 bits per heavy atom. The van der Waals surface area contributed by atoms with Crippen molar-refractivity contribution in [2.45, 2.75) is 6.10 Å². The van der Waals surface area contributed by atoms with E-state index >= 15 is 0 Å². The van der Waals surface area contributed by atoms with Crippen molar-refractivity contribution in [3.05, 3.63) is 34.6 Å². The van der Waals surface area contributed by atoms with E-state index in [-0.39, 0.29) is 10.6 Å². The van der Waals surface area contributed by atoms with Gasteiger partial charge in [-0.25, -0.2) is 4.39 Å². The van der Waals surface area contributed by atoms with Crippen LogP contribution in [0.3, 0.4) is 0 Å². The lowest BCUT2D eigenvalue weighted by Gasteiger charge is -2.07. The Morgan fingerprint density at radius 1 is 1.50 bits per heavy atom. The molecular formula is C8H8ClFO2. The topological polar surface area (TPSA) is 40.5 Å². The first-order chi connectivity index (χ1) is 5.65. The first kappa shape index (κ1) is 9.45. The fraction of sp³-hybridized carbons (Fsp3) is 0.250. The summed E-state index contributed by atoms with van der Waals surface area (Å²) in [7, 11) is 0. The maximum Gasteiger partial charge on any atom is 0.130 e. The summed E-state index contributed by atoms with van der Waals surface area (Å²) in [6.07, 6.45) is -1.18. The molecule has 0 aliphatic rings. The first-order valence-electron chi connectivity index (χ1n) is 3.39. The Kier molecular flexibility index (Phi) is 3.03. The summed E-state index contributed by atoms with van der Waals surface area (Å²) in [5, 5.41) is 17.9. The Balaban J connectivity index is 3.01. The zero-order valence-corrected chi connectivity index (χ0v) is 6.92. The van der Waals surface area contributed by atoms with Gasteiger partial charge in [-0.05, 0) is 12.1 Å². The zero-order valence-electron chi connectivity index (χ0n) is 6.17. The van der Waals surface area contributed by atoms with E-state index in [0.717, 1.165) is 6.07 Å². The summed E-state index contributed by atoms with van der Waals surface area (Å²) < 4.78 is 12.9. The van der Waals surface area contributed by atoms with Crippen molar-refractivity contribution >= 4 is 11.6 Å². The molecule has 2 nitrogen and oxygen atoms in total. The van der Waals surface area contributed by atoms with Crippen molar-refractivity contribution in [3.8, 4) is 0 Å². The highest BCUT2D eigenvalue weighted by molar-refractivity contribution is 6.30. The maximum atomic E-state index is 12.9.